The van der Waals surface area contributed by atoms with Gasteiger partial charge in [-0.15, -0.1) is 11.3 Å². The van der Waals surface area contributed by atoms with Crippen LogP contribution in [0, 0.1) is 0 Å². The molecule has 0 radical (unpaired) electrons. The molecule has 0 saturated carbocycles. The number of ether oxygens (including phenoxy) is 1. The van der Waals surface area contributed by atoms with E-state index in [0.29, 0.717) is 12.3 Å². The molecule has 1 heterocycles. The van der Waals surface area contributed by atoms with Crippen LogP contribution in [-0.2, 0) is 6.42 Å². The van der Waals surface area contributed by atoms with Crippen LogP contribution in [-0.4, -0.2) is 11.6 Å². The summed E-state index contributed by atoms with van der Waals surface area (Å²) in [7, 11) is 0. The van der Waals surface area contributed by atoms with Gasteiger partial charge >= 0.3 is 0 Å². The highest BCUT2D eigenvalue weighted by molar-refractivity contribution is 7.09. The molecule has 0 fully saturated rings. The van der Waals surface area contributed by atoms with Crippen molar-refractivity contribution in [1.29, 1.82) is 0 Å². The summed E-state index contributed by atoms with van der Waals surface area (Å²) in [6.07, 6.45) is 3.14. The van der Waals surface area contributed by atoms with Crippen molar-refractivity contribution in [2.75, 3.05) is 12.3 Å². The minimum atomic E-state index is 0.677. The number of rotatable bonds is 6. The van der Waals surface area contributed by atoms with Crippen molar-refractivity contribution < 1.29 is 4.74 Å². The van der Waals surface area contributed by atoms with E-state index in [2.05, 4.69) is 24.2 Å². The van der Waals surface area contributed by atoms with Gasteiger partial charge in [0, 0.05) is 10.9 Å². The summed E-state index contributed by atoms with van der Waals surface area (Å²) < 4.78 is 5.58. The fraction of sp³-hybridized carbons (Fsp3) is 0.400. The molecule has 3 nitrogen and oxygen atoms in total. The minimum absolute atomic E-state index is 0.677. The number of benzene rings is 1. The van der Waals surface area contributed by atoms with Crippen LogP contribution in [0.15, 0.2) is 23.6 Å². The van der Waals surface area contributed by atoms with E-state index in [1.165, 1.54) is 5.01 Å². The van der Waals surface area contributed by atoms with Crippen LogP contribution >= 0.6 is 11.3 Å². The Morgan fingerprint density at radius 1 is 1.26 bits per heavy atom. The molecule has 0 aliphatic heterocycles. The third kappa shape index (κ3) is 3.47. The maximum atomic E-state index is 6.02. The third-order valence-electron chi connectivity index (χ3n) is 2.78. The molecule has 102 valence electrons. The second-order valence-corrected chi connectivity index (χ2v) is 5.42. The summed E-state index contributed by atoms with van der Waals surface area (Å²) in [4.78, 5) is 4.63. The lowest BCUT2D eigenvalue weighted by atomic mass is 10.1. The smallest absolute Gasteiger partial charge is 0.142 e. The summed E-state index contributed by atoms with van der Waals surface area (Å²) >= 11 is 1.71. The summed E-state index contributed by atoms with van der Waals surface area (Å²) in [5.41, 5.74) is 8.75. The topological polar surface area (TPSA) is 48.1 Å². The molecule has 0 atom stereocenters. The van der Waals surface area contributed by atoms with E-state index in [0.717, 1.165) is 36.3 Å². The normalized spacial score (nSPS) is 10.6. The van der Waals surface area contributed by atoms with E-state index < -0.39 is 0 Å². The molecule has 0 aliphatic rings. The van der Waals surface area contributed by atoms with Crippen LogP contribution in [0.2, 0.25) is 0 Å². The number of anilines is 1. The van der Waals surface area contributed by atoms with Crippen LogP contribution in [0.1, 0.15) is 31.7 Å². The quantitative estimate of drug-likeness (QED) is 0.807. The lowest BCUT2D eigenvalue weighted by Gasteiger charge is -2.08. The molecule has 1 aromatic heterocycles. The Bertz CT molecular complexity index is 537. The number of thiazole rings is 1. The Balaban J connectivity index is 2.18. The predicted molar refractivity (Wildman–Crippen MR) is 81.7 cm³/mol. The largest absolute Gasteiger partial charge is 0.491 e. The zero-order valence-electron chi connectivity index (χ0n) is 11.5. The zero-order valence-corrected chi connectivity index (χ0v) is 12.3. The zero-order chi connectivity index (χ0) is 13.7. The van der Waals surface area contributed by atoms with Crippen molar-refractivity contribution in [2.45, 2.75) is 33.1 Å². The van der Waals surface area contributed by atoms with Gasteiger partial charge in [-0.2, -0.15) is 0 Å². The van der Waals surface area contributed by atoms with Crippen molar-refractivity contribution >= 4 is 17.0 Å². The molecule has 0 amide bonds. The standard InChI is InChI=1S/C15H20N2OS/c1-3-5-15-17-13(10-19-15)11-6-7-14(12(16)9-11)18-8-4-2/h6-7,9-10H,3-5,8,16H2,1-2H3. The maximum absolute atomic E-state index is 6.02. The Kier molecular flexibility index (Phi) is 4.80. The van der Waals surface area contributed by atoms with Crippen LogP contribution in [0.25, 0.3) is 11.3 Å². The van der Waals surface area contributed by atoms with Gasteiger partial charge in [0.1, 0.15) is 5.75 Å². The van der Waals surface area contributed by atoms with Gasteiger partial charge in [-0.05, 0) is 37.5 Å². The molecule has 19 heavy (non-hydrogen) atoms. The molecule has 0 saturated heterocycles. The van der Waals surface area contributed by atoms with E-state index in [4.69, 9.17) is 10.5 Å². The van der Waals surface area contributed by atoms with E-state index >= 15 is 0 Å². The summed E-state index contributed by atoms with van der Waals surface area (Å²) in [5.74, 6) is 0.759. The summed E-state index contributed by atoms with van der Waals surface area (Å²) in [6.45, 7) is 4.94. The van der Waals surface area contributed by atoms with Gasteiger partial charge < -0.3 is 10.5 Å². The number of nitrogen functional groups attached to an aromatic ring is 1. The minimum Gasteiger partial charge on any atom is -0.491 e. The van der Waals surface area contributed by atoms with Gasteiger partial charge in [0.05, 0.1) is 23.0 Å². The average molecular weight is 276 g/mol. The van der Waals surface area contributed by atoms with Gasteiger partial charge in [-0.3, -0.25) is 0 Å². The lowest BCUT2D eigenvalue weighted by molar-refractivity contribution is 0.319. The van der Waals surface area contributed by atoms with Crippen LogP contribution in [0.3, 0.4) is 0 Å². The van der Waals surface area contributed by atoms with E-state index in [9.17, 15) is 0 Å². The highest BCUT2D eigenvalue weighted by atomic mass is 32.1. The fourth-order valence-corrected chi connectivity index (χ4v) is 2.73. The van der Waals surface area contributed by atoms with Crippen molar-refractivity contribution in [3.63, 3.8) is 0 Å². The fourth-order valence-electron chi connectivity index (χ4n) is 1.82. The maximum Gasteiger partial charge on any atom is 0.142 e. The Hall–Kier alpha value is -1.55. The molecule has 0 aliphatic carbocycles. The molecule has 1 aromatic carbocycles. The number of aromatic nitrogens is 1. The first kappa shape index (κ1) is 13.9. The summed E-state index contributed by atoms with van der Waals surface area (Å²) in [5, 5.41) is 3.27. The predicted octanol–water partition coefficient (Wildman–Crippen LogP) is 4.13. The Morgan fingerprint density at radius 3 is 2.79 bits per heavy atom. The van der Waals surface area contributed by atoms with Crippen LogP contribution in [0.5, 0.6) is 5.75 Å². The van der Waals surface area contributed by atoms with E-state index in [1.807, 2.05) is 18.2 Å². The van der Waals surface area contributed by atoms with Crippen molar-refractivity contribution in [3.8, 4) is 17.0 Å². The Labute approximate surface area is 118 Å². The molecule has 0 spiro atoms. The van der Waals surface area contributed by atoms with Gasteiger partial charge in [0.25, 0.3) is 0 Å². The van der Waals surface area contributed by atoms with Gasteiger partial charge in [0.2, 0.25) is 0 Å². The average Bonchev–Trinajstić information content (AvgIpc) is 2.86. The molecule has 0 unspecified atom stereocenters. The molecule has 0 bridgehead atoms. The number of aryl methyl sites for hydroxylation is 1. The summed E-state index contributed by atoms with van der Waals surface area (Å²) in [6, 6.07) is 5.89. The van der Waals surface area contributed by atoms with Crippen molar-refractivity contribution in [3.05, 3.63) is 28.6 Å². The lowest BCUT2D eigenvalue weighted by Crippen LogP contribution is -1.99. The monoisotopic (exact) mass is 276 g/mol. The number of hydrogen-bond donors (Lipinski definition) is 1. The van der Waals surface area contributed by atoms with E-state index in [1.54, 1.807) is 11.3 Å². The highest BCUT2D eigenvalue weighted by Crippen LogP contribution is 2.29. The number of nitrogens with two attached hydrogens (primary N) is 1. The van der Waals surface area contributed by atoms with Crippen LogP contribution < -0.4 is 10.5 Å². The SMILES string of the molecule is CCCOc1ccc(-c2csc(CCC)n2)cc1N. The molecular weight excluding hydrogens is 256 g/mol. The van der Waals surface area contributed by atoms with Gasteiger partial charge in [-0.1, -0.05) is 13.8 Å². The molecular formula is C15H20N2OS. The first-order chi connectivity index (χ1) is 9.24. The van der Waals surface area contributed by atoms with Gasteiger partial charge in [0.15, 0.2) is 0 Å². The molecule has 2 aromatic rings. The number of hydrogen-bond acceptors (Lipinski definition) is 4. The van der Waals surface area contributed by atoms with Crippen molar-refractivity contribution in [2.24, 2.45) is 0 Å². The first-order valence-electron chi connectivity index (χ1n) is 6.71. The van der Waals surface area contributed by atoms with Crippen LogP contribution in [0.4, 0.5) is 5.69 Å². The van der Waals surface area contributed by atoms with E-state index in [-0.39, 0.29) is 0 Å². The second kappa shape index (κ2) is 6.57. The van der Waals surface area contributed by atoms with Crippen molar-refractivity contribution in [1.82, 2.24) is 4.98 Å². The molecule has 4 heteroatoms. The van der Waals surface area contributed by atoms with Gasteiger partial charge in [-0.25, -0.2) is 4.98 Å². The first-order valence-corrected chi connectivity index (χ1v) is 7.59. The molecule has 2 rings (SSSR count). The third-order valence-corrected chi connectivity index (χ3v) is 3.69. The molecule has 2 N–H and O–H groups in total. The Morgan fingerprint density at radius 2 is 2.11 bits per heavy atom. The second-order valence-electron chi connectivity index (χ2n) is 4.48. The number of nitrogens with zero attached hydrogens (tertiary/aromatic N) is 1. The highest BCUT2D eigenvalue weighted by Gasteiger charge is 2.07.